The highest BCUT2D eigenvalue weighted by Crippen LogP contribution is 2.22. The number of ether oxygens (including phenoxy) is 1. The molecule has 168 valence electrons. The smallest absolute Gasteiger partial charge is 0.312 e. The van der Waals surface area contributed by atoms with Crippen LogP contribution < -0.4 is 5.56 Å². The maximum Gasteiger partial charge on any atom is 0.312 e. The molecule has 8 heteroatoms. The number of halogens is 1. The molecule has 2 heterocycles. The van der Waals surface area contributed by atoms with Crippen LogP contribution in [0.2, 0.25) is 0 Å². The Kier molecular flexibility index (Phi) is 5.91. The third-order valence-electron chi connectivity index (χ3n) is 5.51. The number of fused-ring (bicyclic) bond motifs is 1. The molecule has 0 spiro atoms. The molecule has 0 saturated carbocycles. The fourth-order valence-corrected chi connectivity index (χ4v) is 3.98. The van der Waals surface area contributed by atoms with Crippen LogP contribution >= 0.6 is 0 Å². The van der Waals surface area contributed by atoms with Crippen molar-refractivity contribution in [3.63, 3.8) is 0 Å². The molecule has 4 aromatic rings. The van der Waals surface area contributed by atoms with Crippen molar-refractivity contribution in [2.75, 3.05) is 6.61 Å². The second-order valence-corrected chi connectivity index (χ2v) is 7.78. The van der Waals surface area contributed by atoms with Gasteiger partial charge < -0.3 is 9.30 Å². The molecule has 4 rings (SSSR count). The van der Waals surface area contributed by atoms with Crippen LogP contribution in [0.15, 0.2) is 59.4 Å². The Morgan fingerprint density at radius 1 is 1.03 bits per heavy atom. The van der Waals surface area contributed by atoms with Crippen molar-refractivity contribution in [2.45, 2.75) is 20.3 Å². The van der Waals surface area contributed by atoms with E-state index in [1.165, 1.54) is 23.9 Å². The second kappa shape index (κ2) is 8.82. The monoisotopic (exact) mass is 447 g/mol. The van der Waals surface area contributed by atoms with Gasteiger partial charge in [-0.3, -0.25) is 14.4 Å². The van der Waals surface area contributed by atoms with Crippen LogP contribution in [0, 0.1) is 19.7 Å². The summed E-state index contributed by atoms with van der Waals surface area (Å²) in [5.41, 5.74) is 2.53. The van der Waals surface area contributed by atoms with E-state index in [1.807, 2.05) is 6.92 Å². The Hall–Kier alpha value is -4.07. The minimum Gasteiger partial charge on any atom is -0.457 e. The lowest BCUT2D eigenvalue weighted by Crippen LogP contribution is -2.23. The summed E-state index contributed by atoms with van der Waals surface area (Å²) in [5.74, 6) is -1.36. The normalized spacial score (nSPS) is 11.0. The van der Waals surface area contributed by atoms with Crippen molar-refractivity contribution in [2.24, 2.45) is 7.05 Å². The van der Waals surface area contributed by atoms with E-state index in [1.54, 1.807) is 54.0 Å². The van der Waals surface area contributed by atoms with E-state index < -0.39 is 12.6 Å². The largest absolute Gasteiger partial charge is 0.457 e. The first-order valence-corrected chi connectivity index (χ1v) is 10.3. The number of nitrogens with zero attached hydrogens (tertiary/aromatic N) is 3. The Bertz CT molecular complexity index is 1450. The zero-order valence-corrected chi connectivity index (χ0v) is 18.5. The third-order valence-corrected chi connectivity index (χ3v) is 5.51. The second-order valence-electron chi connectivity index (χ2n) is 7.78. The highest BCUT2D eigenvalue weighted by molar-refractivity contribution is 5.99. The number of esters is 1. The molecule has 7 nitrogen and oxygen atoms in total. The van der Waals surface area contributed by atoms with Crippen LogP contribution in [0.25, 0.3) is 16.5 Å². The molecule has 0 atom stereocenters. The summed E-state index contributed by atoms with van der Waals surface area (Å²) in [4.78, 5) is 37.5. The summed E-state index contributed by atoms with van der Waals surface area (Å²) in [7, 11) is 1.52. The maximum absolute atomic E-state index is 13.7. The molecule has 0 aliphatic carbocycles. The highest BCUT2D eigenvalue weighted by Gasteiger charge is 2.19. The number of ketones is 1. The molecule has 33 heavy (non-hydrogen) atoms. The van der Waals surface area contributed by atoms with Gasteiger partial charge >= 0.3 is 5.97 Å². The lowest BCUT2D eigenvalue weighted by Gasteiger charge is -2.10. The van der Waals surface area contributed by atoms with Gasteiger partial charge in [-0.25, -0.2) is 9.07 Å². The van der Waals surface area contributed by atoms with E-state index in [0.717, 1.165) is 5.69 Å². The number of benzene rings is 2. The van der Waals surface area contributed by atoms with Gasteiger partial charge in [0.05, 0.1) is 17.5 Å². The van der Waals surface area contributed by atoms with Crippen LogP contribution in [-0.2, 0) is 23.0 Å². The van der Waals surface area contributed by atoms with Crippen LogP contribution in [0.4, 0.5) is 4.39 Å². The Morgan fingerprint density at radius 2 is 1.76 bits per heavy atom. The number of hydrogen-bond donors (Lipinski definition) is 0. The first-order valence-electron chi connectivity index (χ1n) is 10.3. The van der Waals surface area contributed by atoms with Crippen molar-refractivity contribution >= 4 is 22.5 Å². The summed E-state index contributed by atoms with van der Waals surface area (Å²) in [5, 5.41) is 5.21. The van der Waals surface area contributed by atoms with Crippen molar-refractivity contribution < 1.29 is 18.7 Å². The Morgan fingerprint density at radius 3 is 2.48 bits per heavy atom. The quantitative estimate of drug-likeness (QED) is 0.334. The first kappa shape index (κ1) is 22.1. The third kappa shape index (κ3) is 4.32. The van der Waals surface area contributed by atoms with Crippen molar-refractivity contribution in [1.82, 2.24) is 14.3 Å². The standard InChI is InChI=1S/C25H22FN3O4/c1-15-11-21(16(2)29(15)18-8-6-7-17(26)12-18)23(30)14-33-24(31)13-22-19-9-4-5-10-20(19)25(32)28(3)27-22/h4-12H,13-14H2,1-3H3. The van der Waals surface area contributed by atoms with Crippen LogP contribution in [-0.4, -0.2) is 32.7 Å². The predicted octanol–water partition coefficient (Wildman–Crippen LogP) is 3.45. The fraction of sp³-hybridized carbons (Fsp3) is 0.200. The molecule has 0 fully saturated rings. The van der Waals surface area contributed by atoms with Gasteiger partial charge in [-0.05, 0) is 44.2 Å². The number of aryl methyl sites for hydroxylation is 2. The summed E-state index contributed by atoms with van der Waals surface area (Å²) in [6.07, 6.45) is -0.176. The lowest BCUT2D eigenvalue weighted by molar-refractivity contribution is -0.141. The number of Topliss-reactive ketones (excluding diaryl/α,β-unsaturated/α-hetero) is 1. The van der Waals surface area contributed by atoms with Gasteiger partial charge in [0.15, 0.2) is 6.61 Å². The molecule has 0 aliphatic rings. The van der Waals surface area contributed by atoms with Crippen LogP contribution in [0.5, 0.6) is 0 Å². The zero-order valence-electron chi connectivity index (χ0n) is 18.5. The van der Waals surface area contributed by atoms with E-state index in [4.69, 9.17) is 4.74 Å². The molecule has 2 aromatic heterocycles. The Labute approximate surface area is 189 Å². The molecule has 2 aromatic carbocycles. The molecule has 0 amide bonds. The molecule has 0 bridgehead atoms. The lowest BCUT2D eigenvalue weighted by atomic mass is 10.1. The van der Waals surface area contributed by atoms with Crippen molar-refractivity contribution in [1.29, 1.82) is 0 Å². The number of rotatable bonds is 6. The molecule has 0 aliphatic heterocycles. The number of carbonyl (C=O) groups is 2. The van der Waals surface area contributed by atoms with E-state index >= 15 is 0 Å². The zero-order chi connectivity index (χ0) is 23.7. The van der Waals surface area contributed by atoms with Gasteiger partial charge in [0.1, 0.15) is 5.82 Å². The minimum absolute atomic E-state index is 0.176. The van der Waals surface area contributed by atoms with E-state index in [9.17, 15) is 18.8 Å². The van der Waals surface area contributed by atoms with Gasteiger partial charge in [0.25, 0.3) is 5.56 Å². The molecular formula is C25H22FN3O4. The van der Waals surface area contributed by atoms with E-state index in [0.29, 0.717) is 33.4 Å². The molecular weight excluding hydrogens is 425 g/mol. The topological polar surface area (TPSA) is 83.2 Å². The minimum atomic E-state index is -0.626. The van der Waals surface area contributed by atoms with E-state index in [-0.39, 0.29) is 23.6 Å². The number of aromatic nitrogens is 3. The van der Waals surface area contributed by atoms with Gasteiger partial charge in [0.2, 0.25) is 5.78 Å². The molecule has 0 radical (unpaired) electrons. The van der Waals surface area contributed by atoms with Crippen molar-refractivity contribution in [3.8, 4) is 5.69 Å². The summed E-state index contributed by atoms with van der Waals surface area (Å²) in [6, 6.07) is 14.7. The predicted molar refractivity (Wildman–Crippen MR) is 121 cm³/mol. The van der Waals surface area contributed by atoms with Crippen molar-refractivity contribution in [3.05, 3.63) is 93.4 Å². The van der Waals surface area contributed by atoms with Crippen LogP contribution in [0.3, 0.4) is 0 Å². The Balaban J connectivity index is 1.50. The fourth-order valence-electron chi connectivity index (χ4n) is 3.98. The summed E-state index contributed by atoms with van der Waals surface area (Å²) in [6.45, 7) is 3.14. The van der Waals surface area contributed by atoms with Gasteiger partial charge in [-0.1, -0.05) is 24.3 Å². The maximum atomic E-state index is 13.7. The summed E-state index contributed by atoms with van der Waals surface area (Å²) >= 11 is 0. The number of hydrogen-bond acceptors (Lipinski definition) is 5. The average Bonchev–Trinajstić information content (AvgIpc) is 3.09. The molecule has 0 unspecified atom stereocenters. The van der Waals surface area contributed by atoms with Gasteiger partial charge in [-0.2, -0.15) is 5.10 Å². The van der Waals surface area contributed by atoms with Gasteiger partial charge in [-0.15, -0.1) is 0 Å². The van der Waals surface area contributed by atoms with Gasteiger partial charge in [0, 0.05) is 35.1 Å². The SMILES string of the molecule is Cc1cc(C(=O)COC(=O)Cc2nn(C)c(=O)c3ccccc23)c(C)n1-c1cccc(F)c1. The molecule has 0 saturated heterocycles. The van der Waals surface area contributed by atoms with Crippen LogP contribution in [0.1, 0.15) is 27.4 Å². The highest BCUT2D eigenvalue weighted by atomic mass is 19.1. The molecule has 0 N–H and O–H groups in total. The first-order chi connectivity index (χ1) is 15.8. The average molecular weight is 447 g/mol. The summed E-state index contributed by atoms with van der Waals surface area (Å²) < 4.78 is 21.8. The number of carbonyl (C=O) groups excluding carboxylic acids is 2. The van der Waals surface area contributed by atoms with E-state index in [2.05, 4.69) is 5.10 Å².